The Kier molecular flexibility index (Phi) is 2.72. The summed E-state index contributed by atoms with van der Waals surface area (Å²) < 4.78 is 0. The molecule has 0 N–H and O–H groups in total. The molecule has 0 aliphatic heterocycles. The summed E-state index contributed by atoms with van der Waals surface area (Å²) >= 11 is 10.5. The largest absolute Gasteiger partial charge is 0.192 e. The third kappa shape index (κ3) is 1.34. The van der Waals surface area contributed by atoms with Crippen LogP contribution in [0.5, 0.6) is 0 Å². The molecule has 0 spiro atoms. The number of nitrogens with zero attached hydrogens (tertiary/aromatic N) is 1. The Morgan fingerprint density at radius 2 is 2.50 bits per heavy atom. The Hall–Kier alpha value is -0.0400. The molecule has 1 nitrogen and oxygen atoms in total. The van der Waals surface area contributed by atoms with Gasteiger partial charge in [-0.3, -0.25) is 0 Å². The van der Waals surface area contributed by atoms with Crippen LogP contribution in [0.25, 0.3) is 0 Å². The zero-order valence-corrected chi connectivity index (χ0v) is 8.05. The summed E-state index contributed by atoms with van der Waals surface area (Å²) in [4.78, 5) is 1.01. The van der Waals surface area contributed by atoms with Gasteiger partial charge in [-0.05, 0) is 0 Å². The van der Waals surface area contributed by atoms with Crippen molar-refractivity contribution in [3.63, 3.8) is 0 Å². The van der Waals surface area contributed by atoms with Crippen molar-refractivity contribution in [2.75, 3.05) is 0 Å². The second-order valence-corrected chi connectivity index (χ2v) is 3.53. The highest BCUT2D eigenvalue weighted by atomic mass is 79.9. The molecule has 10 heavy (non-hydrogen) atoms. The average Bonchev–Trinajstić information content (AvgIpc) is 2.30. The summed E-state index contributed by atoms with van der Waals surface area (Å²) in [5.74, 6) is 0. The smallest absolute Gasteiger partial charge is 0.102 e. The summed E-state index contributed by atoms with van der Waals surface area (Å²) in [6.07, 6.45) is 0. The van der Waals surface area contributed by atoms with Crippen molar-refractivity contribution < 1.29 is 0 Å². The van der Waals surface area contributed by atoms with Crippen LogP contribution in [0.3, 0.4) is 0 Å². The van der Waals surface area contributed by atoms with E-state index in [1.165, 1.54) is 11.3 Å². The van der Waals surface area contributed by atoms with Crippen LogP contribution in [0.2, 0.25) is 5.02 Å². The lowest BCUT2D eigenvalue weighted by Crippen LogP contribution is -1.70. The van der Waals surface area contributed by atoms with Crippen molar-refractivity contribution in [2.45, 2.75) is 5.33 Å². The second kappa shape index (κ2) is 3.38. The van der Waals surface area contributed by atoms with E-state index in [4.69, 9.17) is 16.9 Å². The number of thiophene rings is 1. The Morgan fingerprint density at radius 3 is 2.80 bits per heavy atom. The highest BCUT2D eigenvalue weighted by Crippen LogP contribution is 2.28. The lowest BCUT2D eigenvalue weighted by atomic mass is 10.3. The average molecular weight is 237 g/mol. The number of rotatable bonds is 1. The van der Waals surface area contributed by atoms with Gasteiger partial charge in [0.2, 0.25) is 0 Å². The summed E-state index contributed by atoms with van der Waals surface area (Å²) in [5, 5.41) is 11.6. The van der Waals surface area contributed by atoms with E-state index in [2.05, 4.69) is 15.9 Å². The zero-order valence-electron chi connectivity index (χ0n) is 4.90. The van der Waals surface area contributed by atoms with E-state index in [1.54, 1.807) is 5.38 Å². The van der Waals surface area contributed by atoms with Crippen LogP contribution in [0, 0.1) is 11.3 Å². The Bertz CT molecular complexity index is 276. The number of nitriles is 1. The van der Waals surface area contributed by atoms with Gasteiger partial charge in [0, 0.05) is 15.6 Å². The molecule has 0 saturated carbocycles. The molecule has 0 atom stereocenters. The summed E-state index contributed by atoms with van der Waals surface area (Å²) in [7, 11) is 0. The first-order valence-corrected chi connectivity index (χ1v) is 4.89. The zero-order chi connectivity index (χ0) is 7.56. The molecule has 1 aromatic rings. The monoisotopic (exact) mass is 235 g/mol. The van der Waals surface area contributed by atoms with Crippen LogP contribution >= 0.6 is 38.9 Å². The van der Waals surface area contributed by atoms with Crippen LogP contribution in [-0.2, 0) is 5.33 Å². The molecular weight excluding hydrogens is 233 g/mol. The maximum Gasteiger partial charge on any atom is 0.102 e. The van der Waals surface area contributed by atoms with Gasteiger partial charge in [0.15, 0.2) is 0 Å². The highest BCUT2D eigenvalue weighted by Gasteiger charge is 2.06. The van der Waals surface area contributed by atoms with Crippen LogP contribution in [0.4, 0.5) is 0 Å². The lowest BCUT2D eigenvalue weighted by Gasteiger charge is -1.86. The lowest BCUT2D eigenvalue weighted by molar-refractivity contribution is 1.49. The van der Waals surface area contributed by atoms with E-state index >= 15 is 0 Å². The third-order valence-electron chi connectivity index (χ3n) is 1.04. The van der Waals surface area contributed by atoms with Gasteiger partial charge in [-0.1, -0.05) is 27.5 Å². The van der Waals surface area contributed by atoms with E-state index in [1.807, 2.05) is 6.07 Å². The van der Waals surface area contributed by atoms with Crippen LogP contribution in [0.1, 0.15) is 10.4 Å². The Balaban J connectivity index is 3.12. The van der Waals surface area contributed by atoms with Gasteiger partial charge in [-0.15, -0.1) is 11.3 Å². The number of alkyl halides is 1. The van der Waals surface area contributed by atoms with Crippen molar-refractivity contribution in [3.05, 3.63) is 20.8 Å². The SMILES string of the molecule is N#Cc1csc(CBr)c1Cl. The van der Waals surface area contributed by atoms with Crippen LogP contribution < -0.4 is 0 Å². The highest BCUT2D eigenvalue weighted by molar-refractivity contribution is 9.08. The predicted octanol–water partition coefficient (Wildman–Crippen LogP) is 3.17. The Morgan fingerprint density at radius 1 is 1.80 bits per heavy atom. The molecule has 1 aromatic heterocycles. The molecule has 52 valence electrons. The van der Waals surface area contributed by atoms with E-state index in [9.17, 15) is 0 Å². The maximum atomic E-state index is 8.48. The third-order valence-corrected chi connectivity index (χ3v) is 3.50. The number of hydrogen-bond donors (Lipinski definition) is 0. The van der Waals surface area contributed by atoms with E-state index < -0.39 is 0 Å². The van der Waals surface area contributed by atoms with Gasteiger partial charge >= 0.3 is 0 Å². The van der Waals surface area contributed by atoms with Crippen molar-refractivity contribution in [3.8, 4) is 6.07 Å². The van der Waals surface area contributed by atoms with Crippen molar-refractivity contribution in [2.24, 2.45) is 0 Å². The molecule has 1 heterocycles. The predicted molar refractivity (Wildman–Crippen MR) is 46.7 cm³/mol. The normalized spacial score (nSPS) is 9.30. The molecule has 0 fully saturated rings. The first kappa shape index (κ1) is 8.06. The van der Waals surface area contributed by atoms with Gasteiger partial charge in [-0.2, -0.15) is 5.26 Å². The quantitative estimate of drug-likeness (QED) is 0.687. The first-order valence-electron chi connectivity index (χ1n) is 2.51. The molecule has 0 unspecified atom stereocenters. The molecule has 4 heteroatoms. The molecule has 0 aromatic carbocycles. The standard InChI is InChI=1S/C6H3BrClNS/c7-1-5-6(8)4(2-9)3-10-5/h3H,1H2. The van der Waals surface area contributed by atoms with Crippen molar-refractivity contribution in [1.29, 1.82) is 5.26 Å². The molecule has 0 amide bonds. The second-order valence-electron chi connectivity index (χ2n) is 1.63. The summed E-state index contributed by atoms with van der Waals surface area (Å²) in [5.41, 5.74) is 0.570. The summed E-state index contributed by atoms with van der Waals surface area (Å²) in [6, 6.07) is 2.01. The van der Waals surface area contributed by atoms with Gasteiger partial charge in [-0.25, -0.2) is 0 Å². The minimum atomic E-state index is 0.570. The molecular formula is C6H3BrClNS. The fourth-order valence-electron chi connectivity index (χ4n) is 0.549. The van der Waals surface area contributed by atoms with Crippen molar-refractivity contribution >= 4 is 38.9 Å². The van der Waals surface area contributed by atoms with Gasteiger partial charge < -0.3 is 0 Å². The minimum Gasteiger partial charge on any atom is -0.192 e. The Labute approximate surface area is 76.4 Å². The van der Waals surface area contributed by atoms with E-state index in [0.717, 1.165) is 10.2 Å². The molecule has 0 aliphatic rings. The molecule has 0 saturated heterocycles. The molecule has 0 bridgehead atoms. The number of hydrogen-bond acceptors (Lipinski definition) is 2. The van der Waals surface area contributed by atoms with Gasteiger partial charge in [0.05, 0.1) is 10.6 Å². The van der Waals surface area contributed by atoms with E-state index in [-0.39, 0.29) is 0 Å². The van der Waals surface area contributed by atoms with Crippen LogP contribution in [-0.4, -0.2) is 0 Å². The minimum absolute atomic E-state index is 0.570. The molecule has 0 radical (unpaired) electrons. The fourth-order valence-corrected chi connectivity index (χ4v) is 2.46. The maximum absolute atomic E-state index is 8.48. The van der Waals surface area contributed by atoms with Gasteiger partial charge in [0.25, 0.3) is 0 Å². The van der Waals surface area contributed by atoms with E-state index in [0.29, 0.717) is 10.6 Å². The van der Waals surface area contributed by atoms with Crippen molar-refractivity contribution in [1.82, 2.24) is 0 Å². The summed E-state index contributed by atoms with van der Waals surface area (Å²) in [6.45, 7) is 0. The first-order chi connectivity index (χ1) is 4.79. The fraction of sp³-hybridized carbons (Fsp3) is 0.167. The van der Waals surface area contributed by atoms with Crippen LogP contribution in [0.15, 0.2) is 5.38 Å². The topological polar surface area (TPSA) is 23.8 Å². The molecule has 1 rings (SSSR count). The number of halogens is 2. The van der Waals surface area contributed by atoms with Gasteiger partial charge in [0.1, 0.15) is 6.07 Å². The molecule has 0 aliphatic carbocycles.